The molecule has 24 heavy (non-hydrogen) atoms. The molecule has 4 fully saturated rings. The van der Waals surface area contributed by atoms with E-state index < -0.39 is 0 Å². The fourth-order valence-electron chi connectivity index (χ4n) is 4.32. The lowest BCUT2D eigenvalue weighted by Gasteiger charge is -2.24. The van der Waals surface area contributed by atoms with Crippen LogP contribution in [-0.4, -0.2) is 47.2 Å². The number of nitrogens with zero attached hydrogens (tertiary/aromatic N) is 2. The number of imide groups is 1. The van der Waals surface area contributed by atoms with Crippen molar-refractivity contribution >= 4 is 17.7 Å². The van der Waals surface area contributed by atoms with Gasteiger partial charge in [0.15, 0.2) is 0 Å². The monoisotopic (exact) mass is 332 g/mol. The van der Waals surface area contributed by atoms with E-state index in [1.807, 2.05) is 4.90 Å². The summed E-state index contributed by atoms with van der Waals surface area (Å²) in [7, 11) is 0. The van der Waals surface area contributed by atoms with E-state index in [2.05, 4.69) is 0 Å². The lowest BCUT2D eigenvalue weighted by molar-refractivity contribution is -0.141. The van der Waals surface area contributed by atoms with E-state index in [0.717, 1.165) is 38.8 Å². The largest absolute Gasteiger partial charge is 0.342 e. The summed E-state index contributed by atoms with van der Waals surface area (Å²) in [4.78, 5) is 41.0. The van der Waals surface area contributed by atoms with Crippen molar-refractivity contribution in [3.8, 4) is 0 Å². The molecule has 5 heteroatoms. The molecule has 3 aliphatic carbocycles. The minimum Gasteiger partial charge on any atom is -0.342 e. The highest BCUT2D eigenvalue weighted by atomic mass is 16.2. The number of carbonyl (C=O) groups excluding carboxylic acids is 3. The van der Waals surface area contributed by atoms with Crippen LogP contribution in [0.2, 0.25) is 0 Å². The first-order valence-corrected chi connectivity index (χ1v) is 9.76. The highest BCUT2D eigenvalue weighted by Crippen LogP contribution is 2.38. The Labute approximate surface area is 143 Å². The van der Waals surface area contributed by atoms with Crippen molar-refractivity contribution in [3.05, 3.63) is 0 Å². The fourth-order valence-corrected chi connectivity index (χ4v) is 4.32. The molecule has 1 heterocycles. The Morgan fingerprint density at radius 1 is 0.875 bits per heavy atom. The van der Waals surface area contributed by atoms with Crippen LogP contribution in [0.25, 0.3) is 0 Å². The standard InChI is InChI=1S/C19H28N2O3/c22-17(20(11-13-5-6-13)12-14-7-8-14)9-10-21-18(23)15-3-1-2-4-16(15)19(21)24/h13-16H,1-12H2/t15-,16+. The van der Waals surface area contributed by atoms with Gasteiger partial charge in [-0.1, -0.05) is 12.8 Å². The predicted molar refractivity (Wildman–Crippen MR) is 88.8 cm³/mol. The molecular weight excluding hydrogens is 304 g/mol. The molecule has 3 amide bonds. The van der Waals surface area contributed by atoms with Crippen molar-refractivity contribution in [3.63, 3.8) is 0 Å². The van der Waals surface area contributed by atoms with Gasteiger partial charge in [0, 0.05) is 26.1 Å². The van der Waals surface area contributed by atoms with Gasteiger partial charge in [-0.05, 0) is 50.4 Å². The Kier molecular flexibility index (Phi) is 4.35. The van der Waals surface area contributed by atoms with Gasteiger partial charge in [-0.2, -0.15) is 0 Å². The molecule has 0 unspecified atom stereocenters. The Bertz CT molecular complexity index is 501. The molecule has 4 aliphatic rings. The smallest absolute Gasteiger partial charge is 0.233 e. The highest BCUT2D eigenvalue weighted by molar-refractivity contribution is 6.05. The second-order valence-corrected chi connectivity index (χ2v) is 8.26. The summed E-state index contributed by atoms with van der Waals surface area (Å²) in [6, 6.07) is 0. The fraction of sp³-hybridized carbons (Fsp3) is 0.842. The van der Waals surface area contributed by atoms with Crippen molar-refractivity contribution in [2.45, 2.75) is 57.8 Å². The highest BCUT2D eigenvalue weighted by Gasteiger charge is 2.48. The number of amides is 3. The first kappa shape index (κ1) is 16.1. The minimum absolute atomic E-state index is 0.0200. The molecule has 0 aromatic rings. The molecule has 0 spiro atoms. The summed E-state index contributed by atoms with van der Waals surface area (Å²) in [5, 5.41) is 0. The van der Waals surface area contributed by atoms with Gasteiger partial charge in [0.1, 0.15) is 0 Å². The van der Waals surface area contributed by atoms with Gasteiger partial charge in [-0.25, -0.2) is 0 Å². The summed E-state index contributed by atoms with van der Waals surface area (Å²) < 4.78 is 0. The molecule has 1 saturated heterocycles. The molecule has 2 atom stereocenters. The molecule has 4 rings (SSSR count). The zero-order valence-corrected chi connectivity index (χ0v) is 14.4. The van der Waals surface area contributed by atoms with Crippen LogP contribution in [-0.2, 0) is 14.4 Å². The Balaban J connectivity index is 1.33. The third kappa shape index (κ3) is 3.35. The van der Waals surface area contributed by atoms with Crippen molar-refractivity contribution < 1.29 is 14.4 Å². The maximum absolute atomic E-state index is 12.6. The molecule has 5 nitrogen and oxygen atoms in total. The molecule has 132 valence electrons. The van der Waals surface area contributed by atoms with Crippen LogP contribution in [0, 0.1) is 23.7 Å². The summed E-state index contributed by atoms with van der Waals surface area (Å²) >= 11 is 0. The minimum atomic E-state index is -0.101. The van der Waals surface area contributed by atoms with Gasteiger partial charge >= 0.3 is 0 Å². The molecule has 0 aromatic carbocycles. The third-order valence-electron chi connectivity index (χ3n) is 6.19. The van der Waals surface area contributed by atoms with Crippen LogP contribution in [0.3, 0.4) is 0 Å². The average molecular weight is 332 g/mol. The van der Waals surface area contributed by atoms with Crippen LogP contribution in [0.5, 0.6) is 0 Å². The van der Waals surface area contributed by atoms with Crippen molar-refractivity contribution in [1.29, 1.82) is 0 Å². The molecule has 0 N–H and O–H groups in total. The Morgan fingerprint density at radius 2 is 1.38 bits per heavy atom. The molecule has 0 bridgehead atoms. The maximum Gasteiger partial charge on any atom is 0.233 e. The van der Waals surface area contributed by atoms with E-state index in [1.54, 1.807) is 0 Å². The van der Waals surface area contributed by atoms with Gasteiger partial charge in [0.25, 0.3) is 0 Å². The van der Waals surface area contributed by atoms with E-state index in [0.29, 0.717) is 18.3 Å². The zero-order valence-electron chi connectivity index (χ0n) is 14.4. The number of rotatable bonds is 7. The van der Waals surface area contributed by atoms with Crippen molar-refractivity contribution in [2.24, 2.45) is 23.7 Å². The Hall–Kier alpha value is -1.39. The molecule has 0 aromatic heterocycles. The lowest BCUT2D eigenvalue weighted by Crippen LogP contribution is -2.39. The van der Waals surface area contributed by atoms with Crippen molar-refractivity contribution in [1.82, 2.24) is 9.80 Å². The van der Waals surface area contributed by atoms with Gasteiger partial charge < -0.3 is 4.90 Å². The number of hydrogen-bond donors (Lipinski definition) is 0. The number of likely N-dealkylation sites (tertiary alicyclic amines) is 1. The van der Waals surface area contributed by atoms with Gasteiger partial charge in [-0.3, -0.25) is 19.3 Å². The normalized spacial score (nSPS) is 29.8. The van der Waals surface area contributed by atoms with E-state index in [9.17, 15) is 14.4 Å². The van der Waals surface area contributed by atoms with Crippen LogP contribution in [0.15, 0.2) is 0 Å². The van der Waals surface area contributed by atoms with E-state index in [4.69, 9.17) is 0 Å². The molecule has 3 saturated carbocycles. The summed E-state index contributed by atoms with van der Waals surface area (Å²) in [5.41, 5.74) is 0. The van der Waals surface area contributed by atoms with Crippen LogP contribution in [0.1, 0.15) is 57.8 Å². The van der Waals surface area contributed by atoms with E-state index in [-0.39, 0.29) is 36.1 Å². The molecule has 1 aliphatic heterocycles. The number of fused-ring (bicyclic) bond motifs is 1. The Morgan fingerprint density at radius 3 is 1.83 bits per heavy atom. The predicted octanol–water partition coefficient (Wildman–Crippen LogP) is 2.20. The SMILES string of the molecule is O=C(CCN1C(=O)[C@H]2CCCC[C@H]2C1=O)N(CC1CC1)CC1CC1. The first-order valence-electron chi connectivity index (χ1n) is 9.76. The van der Waals surface area contributed by atoms with Crippen molar-refractivity contribution in [2.75, 3.05) is 19.6 Å². The molecule has 0 radical (unpaired) electrons. The second-order valence-electron chi connectivity index (χ2n) is 8.26. The number of hydrogen-bond acceptors (Lipinski definition) is 3. The average Bonchev–Trinajstić information content (AvgIpc) is 3.49. The van der Waals surface area contributed by atoms with E-state index in [1.165, 1.54) is 30.6 Å². The lowest BCUT2D eigenvalue weighted by atomic mass is 9.81. The van der Waals surface area contributed by atoms with Gasteiger partial charge in [0.2, 0.25) is 17.7 Å². The van der Waals surface area contributed by atoms with E-state index >= 15 is 0 Å². The maximum atomic E-state index is 12.6. The zero-order chi connectivity index (χ0) is 16.7. The third-order valence-corrected chi connectivity index (χ3v) is 6.19. The number of carbonyl (C=O) groups is 3. The summed E-state index contributed by atoms with van der Waals surface area (Å²) in [5.74, 6) is 1.26. The summed E-state index contributed by atoms with van der Waals surface area (Å²) in [6.45, 7) is 2.04. The van der Waals surface area contributed by atoms with Crippen LogP contribution in [0.4, 0.5) is 0 Å². The quantitative estimate of drug-likeness (QED) is 0.672. The first-order chi connectivity index (χ1) is 11.6. The van der Waals surface area contributed by atoms with Gasteiger partial charge in [-0.15, -0.1) is 0 Å². The van der Waals surface area contributed by atoms with Crippen LogP contribution < -0.4 is 0 Å². The topological polar surface area (TPSA) is 57.7 Å². The van der Waals surface area contributed by atoms with Gasteiger partial charge in [0.05, 0.1) is 11.8 Å². The summed E-state index contributed by atoms with van der Waals surface area (Å²) in [6.07, 6.45) is 9.03. The second kappa shape index (κ2) is 6.49. The molecular formula is C19H28N2O3. The van der Waals surface area contributed by atoms with Crippen LogP contribution >= 0.6 is 0 Å².